The molecule has 0 radical (unpaired) electrons. The molecular formula is C18H24ClIN4O3S. The molecule has 0 fully saturated rings. The van der Waals surface area contributed by atoms with Crippen LogP contribution in [0.1, 0.15) is 12.5 Å². The summed E-state index contributed by atoms with van der Waals surface area (Å²) >= 11 is 5.86. The summed E-state index contributed by atoms with van der Waals surface area (Å²) in [5.74, 6) is 1.30. The van der Waals surface area contributed by atoms with Gasteiger partial charge in [-0.1, -0.05) is 23.7 Å². The number of ether oxygens (including phenoxy) is 1. The zero-order valence-corrected chi connectivity index (χ0v) is 19.5. The van der Waals surface area contributed by atoms with Crippen LogP contribution >= 0.6 is 35.6 Å². The monoisotopic (exact) mass is 538 g/mol. The van der Waals surface area contributed by atoms with Crippen molar-refractivity contribution in [2.75, 3.05) is 13.6 Å². The lowest BCUT2D eigenvalue weighted by Gasteiger charge is -2.18. The molecule has 0 saturated carbocycles. The van der Waals surface area contributed by atoms with Crippen LogP contribution in [0.25, 0.3) is 0 Å². The molecule has 0 aliphatic heterocycles. The van der Waals surface area contributed by atoms with Gasteiger partial charge in [-0.2, -0.15) is 0 Å². The Hall–Kier alpha value is -1.56. The van der Waals surface area contributed by atoms with Crippen molar-refractivity contribution in [3.05, 3.63) is 59.1 Å². The Morgan fingerprint density at radius 1 is 1.21 bits per heavy atom. The molecule has 2 aromatic rings. The summed E-state index contributed by atoms with van der Waals surface area (Å²) in [7, 11) is -2.07. The van der Waals surface area contributed by atoms with Crippen LogP contribution < -0.4 is 20.5 Å². The number of nitrogens with two attached hydrogens (primary N) is 1. The molecular weight excluding hydrogens is 515 g/mol. The van der Waals surface area contributed by atoms with Crippen molar-refractivity contribution in [3.63, 3.8) is 0 Å². The highest BCUT2D eigenvalue weighted by Gasteiger charge is 2.09. The van der Waals surface area contributed by atoms with E-state index in [0.29, 0.717) is 24.1 Å². The van der Waals surface area contributed by atoms with Crippen LogP contribution in [0.5, 0.6) is 5.75 Å². The summed E-state index contributed by atoms with van der Waals surface area (Å²) in [5, 5.41) is 12.1. The molecule has 2 rings (SSSR count). The van der Waals surface area contributed by atoms with E-state index in [4.69, 9.17) is 21.5 Å². The lowest BCUT2D eigenvalue weighted by atomic mass is 10.2. The van der Waals surface area contributed by atoms with Gasteiger partial charge in [-0.15, -0.1) is 24.0 Å². The number of guanidine groups is 1. The molecule has 10 heteroatoms. The van der Waals surface area contributed by atoms with E-state index in [0.717, 1.165) is 11.3 Å². The van der Waals surface area contributed by atoms with Crippen molar-refractivity contribution in [1.29, 1.82) is 0 Å². The van der Waals surface area contributed by atoms with Gasteiger partial charge < -0.3 is 15.4 Å². The Morgan fingerprint density at radius 3 is 2.50 bits per heavy atom. The summed E-state index contributed by atoms with van der Waals surface area (Å²) in [5.41, 5.74) is 0.773. The Labute approximate surface area is 187 Å². The number of nitrogens with zero attached hydrogens (tertiary/aromatic N) is 1. The van der Waals surface area contributed by atoms with E-state index < -0.39 is 10.0 Å². The molecule has 1 atom stereocenters. The van der Waals surface area contributed by atoms with Crippen molar-refractivity contribution < 1.29 is 13.2 Å². The van der Waals surface area contributed by atoms with E-state index in [-0.39, 0.29) is 35.0 Å². The van der Waals surface area contributed by atoms with Gasteiger partial charge in [0, 0.05) is 18.6 Å². The maximum atomic E-state index is 11.4. The minimum absolute atomic E-state index is 0. The van der Waals surface area contributed by atoms with Gasteiger partial charge in [0.15, 0.2) is 5.96 Å². The van der Waals surface area contributed by atoms with Gasteiger partial charge in [0.25, 0.3) is 0 Å². The first kappa shape index (κ1) is 24.5. The van der Waals surface area contributed by atoms with Gasteiger partial charge >= 0.3 is 0 Å². The fourth-order valence-corrected chi connectivity index (χ4v) is 2.98. The number of halogens is 2. The maximum Gasteiger partial charge on any atom is 0.238 e. The molecule has 0 bridgehead atoms. The number of hydrogen-bond acceptors (Lipinski definition) is 4. The summed E-state index contributed by atoms with van der Waals surface area (Å²) < 4.78 is 28.6. The summed E-state index contributed by atoms with van der Waals surface area (Å²) in [6.07, 6.45) is -0.101. The zero-order valence-electron chi connectivity index (χ0n) is 15.6. The maximum absolute atomic E-state index is 11.4. The largest absolute Gasteiger partial charge is 0.489 e. The number of aliphatic imine (C=N–C) groups is 1. The van der Waals surface area contributed by atoms with Crippen LogP contribution in [-0.4, -0.2) is 34.1 Å². The molecule has 0 spiro atoms. The second kappa shape index (κ2) is 11.4. The number of hydrogen-bond donors (Lipinski definition) is 3. The molecule has 0 heterocycles. The molecule has 4 N–H and O–H groups in total. The standard InChI is InChI=1S/C18H23ClN4O3S.HI/c1-13(26-16-8-6-15(19)7-9-16)11-22-18(21-2)23-12-14-4-3-5-17(10-14)27(20,24)25;/h3-10,13H,11-12H2,1-2H3,(H2,20,24,25)(H2,21,22,23);1H. The summed E-state index contributed by atoms with van der Waals surface area (Å²) in [6.45, 7) is 2.86. The molecule has 0 amide bonds. The molecule has 28 heavy (non-hydrogen) atoms. The highest BCUT2D eigenvalue weighted by Crippen LogP contribution is 2.16. The second-order valence-electron chi connectivity index (χ2n) is 5.88. The molecule has 1 unspecified atom stereocenters. The molecule has 0 saturated heterocycles. The Bertz CT molecular complexity index is 892. The van der Waals surface area contributed by atoms with Gasteiger partial charge in [-0.3, -0.25) is 4.99 Å². The van der Waals surface area contributed by atoms with Crippen molar-refractivity contribution in [2.45, 2.75) is 24.5 Å². The summed E-state index contributed by atoms with van der Waals surface area (Å²) in [6, 6.07) is 13.6. The van der Waals surface area contributed by atoms with Crippen molar-refractivity contribution >= 4 is 51.6 Å². The molecule has 2 aromatic carbocycles. The van der Waals surface area contributed by atoms with Gasteiger partial charge in [0.1, 0.15) is 11.9 Å². The number of rotatable bonds is 7. The Balaban J connectivity index is 0.00000392. The Kier molecular flexibility index (Phi) is 10.0. The average molecular weight is 539 g/mol. The highest BCUT2D eigenvalue weighted by molar-refractivity contribution is 14.0. The fourth-order valence-electron chi connectivity index (χ4n) is 2.27. The van der Waals surface area contributed by atoms with Crippen LogP contribution in [0.2, 0.25) is 5.02 Å². The van der Waals surface area contributed by atoms with E-state index in [2.05, 4.69) is 15.6 Å². The first-order chi connectivity index (χ1) is 12.8. The minimum Gasteiger partial charge on any atom is -0.489 e. The molecule has 0 aliphatic rings. The first-order valence-corrected chi connectivity index (χ1v) is 10.2. The lowest BCUT2D eigenvalue weighted by Crippen LogP contribution is -2.41. The van der Waals surface area contributed by atoms with Gasteiger partial charge in [0.05, 0.1) is 11.4 Å². The smallest absolute Gasteiger partial charge is 0.238 e. The molecule has 0 aromatic heterocycles. The van der Waals surface area contributed by atoms with Crippen LogP contribution in [0.3, 0.4) is 0 Å². The topological polar surface area (TPSA) is 106 Å². The van der Waals surface area contributed by atoms with Gasteiger partial charge in [0.2, 0.25) is 10.0 Å². The molecule has 154 valence electrons. The van der Waals surface area contributed by atoms with Crippen LogP contribution in [0.15, 0.2) is 58.4 Å². The normalized spacial score (nSPS) is 12.6. The van der Waals surface area contributed by atoms with E-state index >= 15 is 0 Å². The van der Waals surface area contributed by atoms with Crippen molar-refractivity contribution in [2.24, 2.45) is 10.1 Å². The van der Waals surface area contributed by atoms with Crippen LogP contribution in [0, 0.1) is 0 Å². The van der Waals surface area contributed by atoms with E-state index in [1.807, 2.05) is 19.1 Å². The third-order valence-corrected chi connectivity index (χ3v) is 4.78. The predicted molar refractivity (Wildman–Crippen MR) is 123 cm³/mol. The highest BCUT2D eigenvalue weighted by atomic mass is 127. The van der Waals surface area contributed by atoms with E-state index in [9.17, 15) is 8.42 Å². The average Bonchev–Trinajstić information content (AvgIpc) is 2.63. The van der Waals surface area contributed by atoms with E-state index in [1.54, 1.807) is 31.3 Å². The SMILES string of the molecule is CN=C(NCc1cccc(S(N)(=O)=O)c1)NCC(C)Oc1ccc(Cl)cc1.I. The number of nitrogens with one attached hydrogen (secondary N) is 2. The predicted octanol–water partition coefficient (Wildman–Crippen LogP) is 2.74. The third-order valence-electron chi connectivity index (χ3n) is 3.62. The number of sulfonamides is 1. The summed E-state index contributed by atoms with van der Waals surface area (Å²) in [4.78, 5) is 4.22. The van der Waals surface area contributed by atoms with Crippen LogP contribution in [-0.2, 0) is 16.6 Å². The molecule has 7 nitrogen and oxygen atoms in total. The second-order valence-corrected chi connectivity index (χ2v) is 7.88. The quantitative estimate of drug-likeness (QED) is 0.286. The first-order valence-electron chi connectivity index (χ1n) is 8.26. The zero-order chi connectivity index (χ0) is 19.9. The minimum atomic E-state index is -3.72. The fraction of sp³-hybridized carbons (Fsp3) is 0.278. The van der Waals surface area contributed by atoms with E-state index in [1.165, 1.54) is 12.1 Å². The Morgan fingerprint density at radius 2 is 1.89 bits per heavy atom. The third kappa shape index (κ3) is 8.21. The lowest BCUT2D eigenvalue weighted by molar-refractivity contribution is 0.224. The van der Waals surface area contributed by atoms with Gasteiger partial charge in [-0.05, 0) is 48.9 Å². The number of primary sulfonamides is 1. The van der Waals surface area contributed by atoms with Crippen molar-refractivity contribution in [1.82, 2.24) is 10.6 Å². The van der Waals surface area contributed by atoms with Gasteiger partial charge in [-0.25, -0.2) is 13.6 Å². The number of benzene rings is 2. The van der Waals surface area contributed by atoms with Crippen molar-refractivity contribution in [3.8, 4) is 5.75 Å². The van der Waals surface area contributed by atoms with Crippen LogP contribution in [0.4, 0.5) is 0 Å². The molecule has 0 aliphatic carbocycles.